The summed E-state index contributed by atoms with van der Waals surface area (Å²) < 4.78 is 13.7. The first-order valence-corrected chi connectivity index (χ1v) is 6.66. The van der Waals surface area contributed by atoms with Crippen LogP contribution in [0.2, 0.25) is 0 Å². The van der Waals surface area contributed by atoms with Crippen molar-refractivity contribution in [2.24, 2.45) is 7.05 Å². The van der Waals surface area contributed by atoms with E-state index in [-0.39, 0.29) is 11.8 Å². The standard InChI is InChI=1S/C12H19N5O3/c1-4-19-10(20-5-2)6-7-17-12(18)9-8-13-16(3)11(9)14-15-17/h8,10H,4-7H2,1-3H3. The number of aromatic nitrogens is 5. The molecule has 0 spiro atoms. The van der Waals surface area contributed by atoms with E-state index in [0.717, 1.165) is 0 Å². The zero-order valence-electron chi connectivity index (χ0n) is 11.9. The number of hydrogen-bond donors (Lipinski definition) is 0. The fourth-order valence-electron chi connectivity index (χ4n) is 1.94. The molecule has 2 heterocycles. The third-order valence-corrected chi connectivity index (χ3v) is 2.90. The normalized spacial score (nSPS) is 11.6. The van der Waals surface area contributed by atoms with E-state index in [1.165, 1.54) is 15.6 Å². The van der Waals surface area contributed by atoms with Crippen LogP contribution in [0.4, 0.5) is 0 Å². The van der Waals surface area contributed by atoms with Gasteiger partial charge in [-0.05, 0) is 13.8 Å². The maximum atomic E-state index is 12.2. The van der Waals surface area contributed by atoms with Crippen LogP contribution in [0.15, 0.2) is 11.0 Å². The number of rotatable bonds is 7. The highest BCUT2D eigenvalue weighted by molar-refractivity contribution is 5.72. The van der Waals surface area contributed by atoms with Crippen LogP contribution in [-0.4, -0.2) is 44.3 Å². The molecular weight excluding hydrogens is 262 g/mol. The van der Waals surface area contributed by atoms with E-state index >= 15 is 0 Å². The second-order valence-electron chi connectivity index (χ2n) is 4.25. The van der Waals surface area contributed by atoms with Gasteiger partial charge in [0.2, 0.25) is 0 Å². The average molecular weight is 281 g/mol. The van der Waals surface area contributed by atoms with Crippen LogP contribution in [0.1, 0.15) is 20.3 Å². The Bertz CT molecular complexity index is 615. The highest BCUT2D eigenvalue weighted by Crippen LogP contribution is 2.04. The minimum absolute atomic E-state index is 0.199. The summed E-state index contributed by atoms with van der Waals surface area (Å²) in [7, 11) is 1.72. The molecule has 0 radical (unpaired) electrons. The van der Waals surface area contributed by atoms with Crippen LogP contribution in [0.5, 0.6) is 0 Å². The molecule has 8 heteroatoms. The summed E-state index contributed by atoms with van der Waals surface area (Å²) in [5.74, 6) is 0. The van der Waals surface area contributed by atoms with Gasteiger partial charge in [-0.15, -0.1) is 5.10 Å². The lowest BCUT2D eigenvalue weighted by molar-refractivity contribution is -0.141. The van der Waals surface area contributed by atoms with Gasteiger partial charge in [-0.3, -0.25) is 4.79 Å². The molecular formula is C12H19N5O3. The molecule has 2 aromatic heterocycles. The minimum Gasteiger partial charge on any atom is -0.353 e. The van der Waals surface area contributed by atoms with Crippen molar-refractivity contribution in [1.82, 2.24) is 24.8 Å². The fourth-order valence-corrected chi connectivity index (χ4v) is 1.94. The maximum Gasteiger partial charge on any atom is 0.280 e. The first-order chi connectivity index (χ1) is 9.67. The van der Waals surface area contributed by atoms with Gasteiger partial charge in [-0.1, -0.05) is 5.21 Å². The van der Waals surface area contributed by atoms with Crippen LogP contribution < -0.4 is 5.56 Å². The lowest BCUT2D eigenvalue weighted by Crippen LogP contribution is -2.28. The molecule has 110 valence electrons. The van der Waals surface area contributed by atoms with Crippen LogP contribution in [0, 0.1) is 0 Å². The lowest BCUT2D eigenvalue weighted by atomic mass is 10.4. The van der Waals surface area contributed by atoms with Gasteiger partial charge in [0.05, 0.1) is 12.7 Å². The topological polar surface area (TPSA) is 84.1 Å². The Morgan fingerprint density at radius 2 is 2.00 bits per heavy atom. The van der Waals surface area contributed by atoms with Crippen molar-refractivity contribution in [2.45, 2.75) is 33.1 Å². The predicted molar refractivity (Wildman–Crippen MR) is 72.2 cm³/mol. The Morgan fingerprint density at radius 1 is 1.30 bits per heavy atom. The van der Waals surface area contributed by atoms with Crippen molar-refractivity contribution in [3.63, 3.8) is 0 Å². The quantitative estimate of drug-likeness (QED) is 0.679. The monoisotopic (exact) mass is 281 g/mol. The van der Waals surface area contributed by atoms with Crippen LogP contribution in [0.3, 0.4) is 0 Å². The molecule has 0 atom stereocenters. The van der Waals surface area contributed by atoms with E-state index < -0.39 is 0 Å². The molecule has 0 amide bonds. The Kier molecular flexibility index (Phi) is 4.80. The molecule has 0 unspecified atom stereocenters. The van der Waals surface area contributed by atoms with Crippen molar-refractivity contribution in [3.8, 4) is 0 Å². The molecule has 0 aromatic carbocycles. The van der Waals surface area contributed by atoms with Gasteiger partial charge < -0.3 is 9.47 Å². The Labute approximate surface area is 116 Å². The summed E-state index contributed by atoms with van der Waals surface area (Å²) in [5, 5.41) is 12.4. The molecule has 8 nitrogen and oxygen atoms in total. The van der Waals surface area contributed by atoms with E-state index in [4.69, 9.17) is 9.47 Å². The summed E-state index contributed by atoms with van der Waals surface area (Å²) in [6.45, 7) is 5.32. The van der Waals surface area contributed by atoms with Gasteiger partial charge >= 0.3 is 0 Å². The molecule has 0 aliphatic carbocycles. The molecule has 0 bridgehead atoms. The van der Waals surface area contributed by atoms with Gasteiger partial charge in [0.1, 0.15) is 5.39 Å². The number of ether oxygens (including phenoxy) is 2. The van der Waals surface area contributed by atoms with Gasteiger partial charge in [0, 0.05) is 26.7 Å². The second-order valence-corrected chi connectivity index (χ2v) is 4.25. The zero-order chi connectivity index (χ0) is 14.5. The molecule has 0 aliphatic rings. The van der Waals surface area contributed by atoms with Crippen LogP contribution >= 0.6 is 0 Å². The lowest BCUT2D eigenvalue weighted by Gasteiger charge is -2.16. The zero-order valence-corrected chi connectivity index (χ0v) is 11.9. The summed E-state index contributed by atoms with van der Waals surface area (Å²) in [5.41, 5.74) is 0.285. The molecule has 0 saturated heterocycles. The highest BCUT2D eigenvalue weighted by atomic mass is 16.7. The van der Waals surface area contributed by atoms with Crippen molar-refractivity contribution >= 4 is 11.0 Å². The summed E-state index contributed by atoms with van der Waals surface area (Å²) in [4.78, 5) is 12.2. The number of hydrogen-bond acceptors (Lipinski definition) is 6. The summed E-state index contributed by atoms with van der Waals surface area (Å²) in [6, 6.07) is 0. The van der Waals surface area contributed by atoms with Gasteiger partial charge in [-0.25, -0.2) is 9.36 Å². The first kappa shape index (κ1) is 14.6. The van der Waals surface area contributed by atoms with Crippen molar-refractivity contribution in [3.05, 3.63) is 16.6 Å². The van der Waals surface area contributed by atoms with Crippen molar-refractivity contribution in [1.29, 1.82) is 0 Å². The van der Waals surface area contributed by atoms with Crippen molar-refractivity contribution in [2.75, 3.05) is 13.2 Å². The molecule has 2 aromatic rings. The number of aryl methyl sites for hydroxylation is 2. The Balaban J connectivity index is 2.13. The van der Waals surface area contributed by atoms with Crippen LogP contribution in [0.25, 0.3) is 11.0 Å². The van der Waals surface area contributed by atoms with Crippen LogP contribution in [-0.2, 0) is 23.1 Å². The highest BCUT2D eigenvalue weighted by Gasteiger charge is 2.12. The molecule has 2 rings (SSSR count). The first-order valence-electron chi connectivity index (χ1n) is 6.66. The third-order valence-electron chi connectivity index (χ3n) is 2.90. The molecule has 20 heavy (non-hydrogen) atoms. The van der Waals surface area contributed by atoms with Crippen molar-refractivity contribution < 1.29 is 9.47 Å². The molecule has 0 saturated carbocycles. The SMILES string of the molecule is CCOC(CCn1nnc2c(cnn2C)c1=O)OCC. The Morgan fingerprint density at radius 3 is 2.65 bits per heavy atom. The van der Waals surface area contributed by atoms with E-state index in [9.17, 15) is 4.79 Å². The largest absolute Gasteiger partial charge is 0.353 e. The maximum absolute atomic E-state index is 12.2. The van der Waals surface area contributed by atoms with Gasteiger partial charge in [0.15, 0.2) is 11.9 Å². The molecule has 0 N–H and O–H groups in total. The fraction of sp³-hybridized carbons (Fsp3) is 0.667. The second kappa shape index (κ2) is 6.58. The number of fused-ring (bicyclic) bond motifs is 1. The molecule has 0 fully saturated rings. The summed E-state index contributed by atoms with van der Waals surface area (Å²) in [6.07, 6.45) is 1.72. The Hall–Kier alpha value is -1.80. The van der Waals surface area contributed by atoms with E-state index in [1.807, 2.05) is 13.8 Å². The number of nitrogens with zero attached hydrogens (tertiary/aromatic N) is 5. The minimum atomic E-state index is -0.330. The van der Waals surface area contributed by atoms with E-state index in [2.05, 4.69) is 15.4 Å². The molecule has 0 aliphatic heterocycles. The third kappa shape index (κ3) is 3.02. The van der Waals surface area contributed by atoms with Gasteiger partial charge in [0.25, 0.3) is 5.56 Å². The van der Waals surface area contributed by atoms with Gasteiger partial charge in [-0.2, -0.15) is 5.10 Å². The smallest absolute Gasteiger partial charge is 0.280 e. The summed E-state index contributed by atoms with van der Waals surface area (Å²) >= 11 is 0. The average Bonchev–Trinajstić information content (AvgIpc) is 2.81. The van der Waals surface area contributed by atoms with E-state index in [1.54, 1.807) is 7.05 Å². The van der Waals surface area contributed by atoms with E-state index in [0.29, 0.717) is 37.2 Å². The predicted octanol–water partition coefficient (Wildman–Crippen LogP) is 0.314.